The lowest BCUT2D eigenvalue weighted by atomic mass is 10.2. The molecule has 1 aliphatic rings. The molecule has 1 fully saturated rings. The maximum absolute atomic E-state index is 12.6. The number of carbonyl (C=O) groups excluding carboxylic acids is 1. The van der Waals surface area contributed by atoms with Crippen molar-refractivity contribution in [3.63, 3.8) is 0 Å². The molecular formula is C14H23N5O. The molecule has 0 saturated carbocycles. The van der Waals surface area contributed by atoms with Crippen molar-refractivity contribution < 1.29 is 4.79 Å². The molecule has 20 heavy (non-hydrogen) atoms. The largest absolute Gasteiger partial charge is 0.369 e. The maximum atomic E-state index is 12.6. The number of likely N-dealkylation sites (tertiary alicyclic amines) is 1. The highest BCUT2D eigenvalue weighted by Gasteiger charge is 2.30. The second kappa shape index (κ2) is 6.65. The van der Waals surface area contributed by atoms with Crippen molar-refractivity contribution in [1.29, 1.82) is 0 Å². The summed E-state index contributed by atoms with van der Waals surface area (Å²) in [4.78, 5) is 25.1. The Bertz CT molecular complexity index is 463. The topological polar surface area (TPSA) is 61.4 Å². The quantitative estimate of drug-likeness (QED) is 0.872. The number of rotatable bonds is 5. The van der Waals surface area contributed by atoms with Crippen LogP contribution in [0.25, 0.3) is 0 Å². The molecule has 0 aromatic carbocycles. The van der Waals surface area contributed by atoms with Gasteiger partial charge in [0.25, 0.3) is 5.91 Å². The summed E-state index contributed by atoms with van der Waals surface area (Å²) in [6.07, 6.45) is 5.31. The Morgan fingerprint density at radius 3 is 3.00 bits per heavy atom. The lowest BCUT2D eigenvalue weighted by molar-refractivity contribution is 0.0710. The van der Waals surface area contributed by atoms with Gasteiger partial charge in [-0.2, -0.15) is 0 Å². The monoisotopic (exact) mass is 277 g/mol. The third-order valence-corrected chi connectivity index (χ3v) is 3.43. The Balaban J connectivity index is 2.11. The van der Waals surface area contributed by atoms with E-state index in [1.807, 2.05) is 25.9 Å². The molecule has 2 heterocycles. The molecule has 110 valence electrons. The fraction of sp³-hybridized carbons (Fsp3) is 0.643. The van der Waals surface area contributed by atoms with Gasteiger partial charge < -0.3 is 15.1 Å². The molecule has 6 nitrogen and oxygen atoms in total. The van der Waals surface area contributed by atoms with E-state index in [1.54, 1.807) is 12.4 Å². The lowest BCUT2D eigenvalue weighted by Crippen LogP contribution is -2.41. The summed E-state index contributed by atoms with van der Waals surface area (Å²) in [5.74, 6) is 0.642. The van der Waals surface area contributed by atoms with Gasteiger partial charge in [-0.05, 0) is 33.9 Å². The van der Waals surface area contributed by atoms with E-state index in [9.17, 15) is 4.79 Å². The highest BCUT2D eigenvalue weighted by atomic mass is 16.2. The van der Waals surface area contributed by atoms with Gasteiger partial charge in [0.2, 0.25) is 0 Å². The fourth-order valence-electron chi connectivity index (χ4n) is 2.60. The number of carbonyl (C=O) groups is 1. The van der Waals surface area contributed by atoms with Crippen LogP contribution in [0.2, 0.25) is 0 Å². The first kappa shape index (κ1) is 14.7. The third kappa shape index (κ3) is 3.45. The van der Waals surface area contributed by atoms with E-state index >= 15 is 0 Å². The summed E-state index contributed by atoms with van der Waals surface area (Å²) in [5.41, 5.74) is 0.425. The van der Waals surface area contributed by atoms with E-state index in [0.29, 0.717) is 11.5 Å². The van der Waals surface area contributed by atoms with Crippen LogP contribution in [-0.4, -0.2) is 65.4 Å². The van der Waals surface area contributed by atoms with Crippen molar-refractivity contribution in [3.8, 4) is 0 Å². The maximum Gasteiger partial charge on any atom is 0.274 e. The Morgan fingerprint density at radius 2 is 2.30 bits per heavy atom. The number of hydrogen-bond donors (Lipinski definition) is 1. The highest BCUT2D eigenvalue weighted by molar-refractivity contribution is 5.92. The molecule has 0 spiro atoms. The van der Waals surface area contributed by atoms with Crippen LogP contribution in [0.1, 0.15) is 30.3 Å². The van der Waals surface area contributed by atoms with Crippen molar-refractivity contribution in [1.82, 2.24) is 19.8 Å². The van der Waals surface area contributed by atoms with Crippen molar-refractivity contribution in [2.75, 3.05) is 39.0 Å². The van der Waals surface area contributed by atoms with E-state index in [4.69, 9.17) is 0 Å². The van der Waals surface area contributed by atoms with Crippen LogP contribution in [0, 0.1) is 0 Å². The minimum Gasteiger partial charge on any atom is -0.369 e. The number of amides is 1. The molecule has 1 atom stereocenters. The molecule has 1 aliphatic heterocycles. The summed E-state index contributed by atoms with van der Waals surface area (Å²) < 4.78 is 0. The third-order valence-electron chi connectivity index (χ3n) is 3.43. The van der Waals surface area contributed by atoms with Gasteiger partial charge in [-0.1, -0.05) is 0 Å². The summed E-state index contributed by atoms with van der Waals surface area (Å²) in [6, 6.07) is 0.280. The molecule has 1 N–H and O–H groups in total. The van der Waals surface area contributed by atoms with Gasteiger partial charge >= 0.3 is 0 Å². The standard InChI is InChI=1S/C14H23N5O/c1-4-16-13-9-15-8-12(17-13)14(20)19-7-5-6-11(19)10-18(2)3/h8-9,11H,4-7,10H2,1-3H3,(H,16,17). The summed E-state index contributed by atoms with van der Waals surface area (Å²) in [7, 11) is 4.07. The van der Waals surface area contributed by atoms with Gasteiger partial charge in [0.15, 0.2) is 0 Å². The normalized spacial score (nSPS) is 18.6. The summed E-state index contributed by atoms with van der Waals surface area (Å²) >= 11 is 0. The van der Waals surface area contributed by atoms with Gasteiger partial charge in [-0.15, -0.1) is 0 Å². The molecule has 0 bridgehead atoms. The number of hydrogen-bond acceptors (Lipinski definition) is 5. The first-order chi connectivity index (χ1) is 9.61. The van der Waals surface area contributed by atoms with Crippen LogP contribution in [-0.2, 0) is 0 Å². The minimum absolute atomic E-state index is 0.0124. The molecule has 1 unspecified atom stereocenters. The smallest absolute Gasteiger partial charge is 0.274 e. The van der Waals surface area contributed by atoms with Gasteiger partial charge in [0.1, 0.15) is 11.5 Å². The Hall–Kier alpha value is -1.69. The van der Waals surface area contributed by atoms with Gasteiger partial charge in [-0.25, -0.2) is 4.98 Å². The number of nitrogens with zero attached hydrogens (tertiary/aromatic N) is 4. The lowest BCUT2D eigenvalue weighted by Gasteiger charge is -2.26. The van der Waals surface area contributed by atoms with Crippen molar-refractivity contribution in [2.24, 2.45) is 0 Å². The Morgan fingerprint density at radius 1 is 1.50 bits per heavy atom. The minimum atomic E-state index is -0.0124. The zero-order valence-electron chi connectivity index (χ0n) is 12.5. The van der Waals surface area contributed by atoms with Crippen LogP contribution in [0.15, 0.2) is 12.4 Å². The zero-order chi connectivity index (χ0) is 14.5. The molecule has 2 rings (SSSR count). The van der Waals surface area contributed by atoms with Crippen LogP contribution >= 0.6 is 0 Å². The molecule has 1 saturated heterocycles. The number of aromatic nitrogens is 2. The van der Waals surface area contributed by atoms with Crippen LogP contribution in [0.3, 0.4) is 0 Å². The van der Waals surface area contributed by atoms with Crippen LogP contribution < -0.4 is 5.32 Å². The zero-order valence-corrected chi connectivity index (χ0v) is 12.5. The van der Waals surface area contributed by atoms with E-state index in [-0.39, 0.29) is 11.9 Å². The second-order valence-corrected chi connectivity index (χ2v) is 5.38. The van der Waals surface area contributed by atoms with Gasteiger partial charge in [0, 0.05) is 25.7 Å². The fourth-order valence-corrected chi connectivity index (χ4v) is 2.60. The molecule has 1 aromatic rings. The van der Waals surface area contributed by atoms with Crippen LogP contribution in [0.5, 0.6) is 0 Å². The molecule has 0 radical (unpaired) electrons. The van der Waals surface area contributed by atoms with E-state index in [0.717, 1.165) is 32.5 Å². The molecule has 6 heteroatoms. The van der Waals surface area contributed by atoms with E-state index < -0.39 is 0 Å². The number of anilines is 1. The molecule has 1 aromatic heterocycles. The first-order valence-corrected chi connectivity index (χ1v) is 7.13. The molecule has 0 aliphatic carbocycles. The number of likely N-dealkylation sites (N-methyl/N-ethyl adjacent to an activating group) is 1. The van der Waals surface area contributed by atoms with Gasteiger partial charge in [0.05, 0.1) is 12.4 Å². The molecule has 1 amide bonds. The Kier molecular flexibility index (Phi) is 4.89. The van der Waals surface area contributed by atoms with Gasteiger partial charge in [-0.3, -0.25) is 9.78 Å². The van der Waals surface area contributed by atoms with Crippen LogP contribution in [0.4, 0.5) is 5.82 Å². The van der Waals surface area contributed by atoms with Crippen molar-refractivity contribution in [2.45, 2.75) is 25.8 Å². The number of nitrogens with one attached hydrogen (secondary N) is 1. The molecular weight excluding hydrogens is 254 g/mol. The van der Waals surface area contributed by atoms with Crippen molar-refractivity contribution >= 4 is 11.7 Å². The Labute approximate surface area is 120 Å². The van der Waals surface area contributed by atoms with E-state index in [2.05, 4.69) is 20.2 Å². The van der Waals surface area contributed by atoms with E-state index in [1.165, 1.54) is 0 Å². The second-order valence-electron chi connectivity index (χ2n) is 5.38. The highest BCUT2D eigenvalue weighted by Crippen LogP contribution is 2.20. The average Bonchev–Trinajstić information content (AvgIpc) is 2.86. The SMILES string of the molecule is CCNc1cncc(C(=O)N2CCCC2CN(C)C)n1. The summed E-state index contributed by atoms with van der Waals surface area (Å²) in [6.45, 7) is 4.46. The average molecular weight is 277 g/mol. The predicted octanol–water partition coefficient (Wildman–Crippen LogP) is 1.07. The predicted molar refractivity (Wildman–Crippen MR) is 78.8 cm³/mol. The van der Waals surface area contributed by atoms with Crippen molar-refractivity contribution in [3.05, 3.63) is 18.1 Å². The summed E-state index contributed by atoms with van der Waals surface area (Å²) in [5, 5.41) is 3.08. The first-order valence-electron chi connectivity index (χ1n) is 7.13.